The van der Waals surface area contributed by atoms with Crippen molar-refractivity contribution in [2.24, 2.45) is 5.92 Å². The highest BCUT2D eigenvalue weighted by molar-refractivity contribution is 7.92. The number of aromatic nitrogens is 1. The van der Waals surface area contributed by atoms with Crippen LogP contribution in [-0.2, 0) is 37.1 Å². The van der Waals surface area contributed by atoms with E-state index in [1.807, 2.05) is 4.72 Å². The van der Waals surface area contributed by atoms with E-state index in [0.29, 0.717) is 19.4 Å². The molecule has 10 nitrogen and oxygen atoms in total. The van der Waals surface area contributed by atoms with E-state index in [1.54, 1.807) is 11.8 Å². The molecule has 1 amide bonds. The van der Waals surface area contributed by atoms with Crippen molar-refractivity contribution < 1.29 is 40.3 Å². The van der Waals surface area contributed by atoms with Gasteiger partial charge in [0.25, 0.3) is 0 Å². The van der Waals surface area contributed by atoms with Gasteiger partial charge in [-0.25, -0.2) is 17.8 Å². The number of halogens is 4. The van der Waals surface area contributed by atoms with E-state index < -0.39 is 51.2 Å². The van der Waals surface area contributed by atoms with Crippen LogP contribution >= 0.6 is 0 Å². The van der Waals surface area contributed by atoms with Crippen LogP contribution in [0.1, 0.15) is 36.6 Å². The van der Waals surface area contributed by atoms with Crippen molar-refractivity contribution in [1.29, 1.82) is 0 Å². The van der Waals surface area contributed by atoms with Gasteiger partial charge in [-0.1, -0.05) is 0 Å². The number of hydrogen-bond donors (Lipinski definition) is 3. The number of benzene rings is 1. The number of pyridine rings is 1. The first-order valence-corrected chi connectivity index (χ1v) is 14.1. The Labute approximate surface area is 228 Å². The number of nitrogens with two attached hydrogens (primary N) is 1. The summed E-state index contributed by atoms with van der Waals surface area (Å²) >= 11 is 0. The Bertz CT molecular complexity index is 1380. The van der Waals surface area contributed by atoms with Crippen LogP contribution in [-0.4, -0.2) is 51.2 Å². The molecule has 1 aliphatic heterocycles. The van der Waals surface area contributed by atoms with Gasteiger partial charge in [-0.15, -0.1) is 0 Å². The number of rotatable bonds is 9. The molecule has 0 radical (unpaired) electrons. The molecule has 3 rings (SSSR count). The van der Waals surface area contributed by atoms with Gasteiger partial charge in [-0.05, 0) is 55.7 Å². The Morgan fingerprint density at radius 3 is 2.62 bits per heavy atom. The van der Waals surface area contributed by atoms with E-state index in [4.69, 9.17) is 10.5 Å². The molecule has 218 valence electrons. The summed E-state index contributed by atoms with van der Waals surface area (Å²) in [6.07, 6.45) is -0.427. The minimum atomic E-state index is -4.70. The molecule has 1 fully saturated rings. The molecular weight excluding hydrogens is 558 g/mol. The quantitative estimate of drug-likeness (QED) is 0.176. The van der Waals surface area contributed by atoms with Gasteiger partial charge in [-0.3, -0.25) is 14.3 Å². The van der Waals surface area contributed by atoms with Crippen molar-refractivity contribution in [2.75, 3.05) is 41.3 Å². The zero-order valence-corrected chi connectivity index (χ0v) is 22.5. The minimum Gasteiger partial charge on any atom is -0.466 e. The van der Waals surface area contributed by atoms with Crippen molar-refractivity contribution >= 4 is 45.2 Å². The van der Waals surface area contributed by atoms with Crippen LogP contribution in [0.3, 0.4) is 0 Å². The van der Waals surface area contributed by atoms with Crippen molar-refractivity contribution in [3.05, 3.63) is 53.0 Å². The molecule has 1 aliphatic rings. The highest BCUT2D eigenvalue weighted by atomic mass is 32.2. The Kier molecular flexibility index (Phi) is 9.60. The number of alkyl halides is 3. The molecule has 15 heteroatoms. The fourth-order valence-electron chi connectivity index (χ4n) is 4.12. The second kappa shape index (κ2) is 12.5. The molecule has 1 aromatic heterocycles. The first-order valence-electron chi connectivity index (χ1n) is 12.2. The molecule has 1 saturated heterocycles. The highest BCUT2D eigenvalue weighted by Gasteiger charge is 2.35. The molecule has 1 aromatic carbocycles. The predicted molar refractivity (Wildman–Crippen MR) is 141 cm³/mol. The maximum atomic E-state index is 14.3. The number of anilines is 3. The molecule has 2 heterocycles. The van der Waals surface area contributed by atoms with E-state index in [0.717, 1.165) is 24.5 Å². The topological polar surface area (TPSA) is 144 Å². The summed E-state index contributed by atoms with van der Waals surface area (Å²) in [4.78, 5) is 30.0. The van der Waals surface area contributed by atoms with Gasteiger partial charge in [0.2, 0.25) is 15.9 Å². The van der Waals surface area contributed by atoms with Crippen molar-refractivity contribution in [3.63, 3.8) is 0 Å². The monoisotopic (exact) mass is 587 g/mol. The van der Waals surface area contributed by atoms with Crippen molar-refractivity contribution in [1.82, 2.24) is 10.3 Å². The van der Waals surface area contributed by atoms with E-state index in [-0.39, 0.29) is 42.3 Å². The van der Waals surface area contributed by atoms with Gasteiger partial charge in [0.1, 0.15) is 23.0 Å². The number of nitrogen functional groups attached to an aromatic ring is 1. The normalized spacial score (nSPS) is 16.1. The van der Waals surface area contributed by atoms with Gasteiger partial charge in [-0.2, -0.15) is 13.2 Å². The van der Waals surface area contributed by atoms with Crippen LogP contribution in [0.15, 0.2) is 30.3 Å². The van der Waals surface area contributed by atoms with Gasteiger partial charge in [0, 0.05) is 31.3 Å². The number of amides is 1. The summed E-state index contributed by atoms with van der Waals surface area (Å²) < 4.78 is 84.3. The van der Waals surface area contributed by atoms with E-state index in [1.165, 1.54) is 18.2 Å². The average molecular weight is 588 g/mol. The van der Waals surface area contributed by atoms with Gasteiger partial charge in [0.15, 0.2) is 0 Å². The first-order chi connectivity index (χ1) is 18.7. The largest absolute Gasteiger partial charge is 0.466 e. The molecule has 0 saturated carbocycles. The molecule has 0 bridgehead atoms. The van der Waals surface area contributed by atoms with Crippen LogP contribution in [0.2, 0.25) is 0 Å². The zero-order valence-electron chi connectivity index (χ0n) is 21.7. The fraction of sp³-hybridized carbons (Fsp3) is 0.400. The lowest BCUT2D eigenvalue weighted by atomic mass is 9.97. The lowest BCUT2D eigenvalue weighted by Gasteiger charge is -2.33. The first kappa shape index (κ1) is 30.7. The number of nitrogens with zero attached hydrogens (tertiary/aromatic N) is 2. The van der Waals surface area contributed by atoms with Crippen molar-refractivity contribution in [2.45, 2.75) is 32.5 Å². The predicted octanol–water partition coefficient (Wildman–Crippen LogP) is 3.30. The lowest BCUT2D eigenvalue weighted by molar-refractivity contribution is -0.148. The maximum absolute atomic E-state index is 14.3. The summed E-state index contributed by atoms with van der Waals surface area (Å²) in [6.45, 7) is 2.14. The van der Waals surface area contributed by atoms with E-state index in [2.05, 4.69) is 10.3 Å². The second-order valence-electron chi connectivity index (χ2n) is 9.11. The molecule has 0 aliphatic carbocycles. The van der Waals surface area contributed by atoms with E-state index >= 15 is 0 Å². The minimum absolute atomic E-state index is 0.0308. The molecule has 4 N–H and O–H groups in total. The number of carbonyl (C=O) groups excluding carboxylic acids is 2. The fourth-order valence-corrected chi connectivity index (χ4v) is 4.70. The molecule has 2 aromatic rings. The van der Waals surface area contributed by atoms with Gasteiger partial charge in [0.05, 0.1) is 24.5 Å². The number of ether oxygens (including phenoxy) is 1. The van der Waals surface area contributed by atoms with Gasteiger partial charge >= 0.3 is 12.1 Å². The Morgan fingerprint density at radius 2 is 2.00 bits per heavy atom. The van der Waals surface area contributed by atoms with Gasteiger partial charge < -0.3 is 20.7 Å². The molecule has 40 heavy (non-hydrogen) atoms. The number of hydrogen-bond acceptors (Lipinski definition) is 8. The lowest BCUT2D eigenvalue weighted by Crippen LogP contribution is -2.40. The Balaban J connectivity index is 1.77. The van der Waals surface area contributed by atoms with E-state index in [9.17, 15) is 35.6 Å². The standard InChI is InChI=1S/C25H29F4N5O5S/c1-3-39-24(36)17-5-4-10-34(14-17)23-16(6-8-20(32-23)25(27,28)29)7-9-21(35)31-13-15-11-18(26)22(19(30)12-15)33-40(2,37)38/h6-9,11-12,17,33H,3-5,10,13-14,30H2,1-2H3,(H,31,35)/b9-7+. The smallest absolute Gasteiger partial charge is 0.433 e. The number of piperidine rings is 1. The van der Waals surface area contributed by atoms with Crippen molar-refractivity contribution in [3.8, 4) is 0 Å². The average Bonchev–Trinajstić information content (AvgIpc) is 2.87. The molecule has 1 atom stereocenters. The summed E-state index contributed by atoms with van der Waals surface area (Å²) in [5, 5.41) is 2.50. The third-order valence-corrected chi connectivity index (χ3v) is 6.46. The Hall–Kier alpha value is -3.88. The third-order valence-electron chi connectivity index (χ3n) is 5.89. The third kappa shape index (κ3) is 8.31. The van der Waals surface area contributed by atoms with Crippen LogP contribution in [0, 0.1) is 11.7 Å². The SMILES string of the molecule is CCOC(=O)C1CCCN(c2nc(C(F)(F)F)ccc2/C=C/C(=O)NCc2cc(N)c(NS(C)(=O)=O)c(F)c2)C1. The second-order valence-corrected chi connectivity index (χ2v) is 10.9. The Morgan fingerprint density at radius 1 is 1.27 bits per heavy atom. The number of nitrogens with one attached hydrogen (secondary N) is 2. The number of carbonyl (C=O) groups is 2. The summed E-state index contributed by atoms with van der Waals surface area (Å²) in [5.41, 5.74) is 4.48. The van der Waals surface area contributed by atoms with Crippen LogP contribution in [0.5, 0.6) is 0 Å². The van der Waals surface area contributed by atoms with Crippen LogP contribution in [0.25, 0.3) is 6.08 Å². The zero-order chi connectivity index (χ0) is 29.7. The highest BCUT2D eigenvalue weighted by Crippen LogP contribution is 2.33. The maximum Gasteiger partial charge on any atom is 0.433 e. The number of esters is 1. The molecular formula is C25H29F4N5O5S. The van der Waals surface area contributed by atoms with Crippen LogP contribution in [0.4, 0.5) is 34.8 Å². The molecule has 0 spiro atoms. The molecule has 1 unspecified atom stereocenters. The summed E-state index contributed by atoms with van der Waals surface area (Å²) in [5.74, 6) is -2.58. The number of sulfonamides is 1. The summed E-state index contributed by atoms with van der Waals surface area (Å²) in [6, 6.07) is 4.27. The van der Waals surface area contributed by atoms with Crippen LogP contribution < -0.4 is 20.7 Å². The summed E-state index contributed by atoms with van der Waals surface area (Å²) in [7, 11) is -3.77.